The molecule has 4 rings (SSSR count). The Morgan fingerprint density at radius 2 is 2.06 bits per heavy atom. The van der Waals surface area contributed by atoms with Gasteiger partial charge in [0.05, 0.1) is 13.2 Å². The molecule has 0 radical (unpaired) electrons. The van der Waals surface area contributed by atoms with E-state index < -0.39 is 18.1 Å². The maximum atomic E-state index is 13.0. The third-order valence-electron chi connectivity index (χ3n) is 6.46. The first-order valence-electron chi connectivity index (χ1n) is 11.2. The number of hydrogen-bond acceptors (Lipinski definition) is 6. The van der Waals surface area contributed by atoms with Gasteiger partial charge < -0.3 is 26.0 Å². The Morgan fingerprint density at radius 3 is 2.72 bits per heavy atom. The van der Waals surface area contributed by atoms with Gasteiger partial charge in [0, 0.05) is 30.1 Å². The number of benzene rings is 1. The summed E-state index contributed by atoms with van der Waals surface area (Å²) in [5.41, 5.74) is 1.80. The molecular formula is C23H29N5O4. The van der Waals surface area contributed by atoms with Crippen LogP contribution in [0.3, 0.4) is 0 Å². The summed E-state index contributed by atoms with van der Waals surface area (Å²) < 4.78 is 5.39. The number of methoxy groups -OCH3 is 1. The summed E-state index contributed by atoms with van der Waals surface area (Å²) in [5.74, 6) is 0.152. The Bertz CT molecular complexity index is 939. The van der Waals surface area contributed by atoms with Crippen LogP contribution in [0.4, 0.5) is 5.69 Å². The fourth-order valence-corrected chi connectivity index (χ4v) is 4.47. The first-order chi connectivity index (χ1) is 15.5. The molecule has 9 heteroatoms. The Morgan fingerprint density at radius 1 is 1.25 bits per heavy atom. The number of amides is 3. The maximum Gasteiger partial charge on any atom is 0.243 e. The number of carbonyl (C=O) groups is 3. The average Bonchev–Trinajstić information content (AvgIpc) is 3.35. The van der Waals surface area contributed by atoms with Gasteiger partial charge in [-0.25, -0.2) is 0 Å². The summed E-state index contributed by atoms with van der Waals surface area (Å²) in [6, 6.07) is 5.73. The molecule has 170 valence electrons. The van der Waals surface area contributed by atoms with Crippen molar-refractivity contribution >= 4 is 23.4 Å². The summed E-state index contributed by atoms with van der Waals surface area (Å²) in [7, 11) is 1.60. The van der Waals surface area contributed by atoms with Crippen molar-refractivity contribution in [3.05, 3.63) is 23.8 Å². The summed E-state index contributed by atoms with van der Waals surface area (Å²) >= 11 is 0. The number of nitrogens with one attached hydrogen (secondary N) is 4. The Hall–Kier alpha value is -3.28. The average molecular weight is 440 g/mol. The minimum Gasteiger partial charge on any atom is -0.496 e. The van der Waals surface area contributed by atoms with Crippen molar-refractivity contribution in [2.75, 3.05) is 19.0 Å². The van der Waals surface area contributed by atoms with Crippen molar-refractivity contribution in [2.45, 2.75) is 56.7 Å². The molecule has 0 bridgehead atoms. The SMILES string of the molecule is COc1cccc2c1CC(C(=O)N[C@H](CC1CC1)C(=O)N[C@H](C#N)C[C@@H]1CCNC1=O)N2. The maximum absolute atomic E-state index is 13.0. The number of ether oxygens (including phenoxy) is 1. The predicted molar refractivity (Wildman–Crippen MR) is 117 cm³/mol. The zero-order valence-electron chi connectivity index (χ0n) is 18.1. The Labute approximate surface area is 187 Å². The van der Waals surface area contributed by atoms with Crippen LogP contribution < -0.4 is 26.0 Å². The van der Waals surface area contributed by atoms with Gasteiger partial charge in [-0.15, -0.1) is 0 Å². The van der Waals surface area contributed by atoms with E-state index in [1.807, 2.05) is 18.2 Å². The fraction of sp³-hybridized carbons (Fsp3) is 0.565. The van der Waals surface area contributed by atoms with Gasteiger partial charge in [0.2, 0.25) is 17.7 Å². The highest BCUT2D eigenvalue weighted by Crippen LogP contribution is 2.35. The van der Waals surface area contributed by atoms with Crippen molar-refractivity contribution < 1.29 is 19.1 Å². The smallest absolute Gasteiger partial charge is 0.243 e. The monoisotopic (exact) mass is 439 g/mol. The van der Waals surface area contributed by atoms with E-state index in [4.69, 9.17) is 4.74 Å². The first kappa shape index (κ1) is 21.9. The quantitative estimate of drug-likeness (QED) is 0.451. The second kappa shape index (κ2) is 9.47. The molecule has 1 aromatic carbocycles. The van der Waals surface area contributed by atoms with Gasteiger partial charge in [-0.05, 0) is 37.3 Å². The Balaban J connectivity index is 1.37. The first-order valence-corrected chi connectivity index (χ1v) is 11.2. The minimum atomic E-state index is -0.770. The van der Waals surface area contributed by atoms with E-state index in [9.17, 15) is 19.6 Å². The van der Waals surface area contributed by atoms with Crippen LogP contribution in [0.15, 0.2) is 18.2 Å². The third kappa shape index (κ3) is 4.96. The van der Waals surface area contributed by atoms with Crippen molar-refractivity contribution in [2.24, 2.45) is 11.8 Å². The van der Waals surface area contributed by atoms with E-state index in [2.05, 4.69) is 27.3 Å². The van der Waals surface area contributed by atoms with Gasteiger partial charge >= 0.3 is 0 Å². The summed E-state index contributed by atoms with van der Waals surface area (Å²) in [6.07, 6.45) is 4.02. The van der Waals surface area contributed by atoms with Gasteiger partial charge in [-0.3, -0.25) is 14.4 Å². The predicted octanol–water partition coefficient (Wildman–Crippen LogP) is 0.851. The van der Waals surface area contributed by atoms with Crippen LogP contribution in [0.5, 0.6) is 5.75 Å². The van der Waals surface area contributed by atoms with Crippen molar-refractivity contribution in [1.82, 2.24) is 16.0 Å². The van der Waals surface area contributed by atoms with Gasteiger partial charge in [-0.1, -0.05) is 18.9 Å². The lowest BCUT2D eigenvalue weighted by Crippen LogP contribution is -2.53. The van der Waals surface area contributed by atoms with Gasteiger partial charge in [-0.2, -0.15) is 5.26 Å². The number of carbonyl (C=O) groups excluding carboxylic acids is 3. The van der Waals surface area contributed by atoms with Crippen LogP contribution in [0.25, 0.3) is 0 Å². The van der Waals surface area contributed by atoms with Gasteiger partial charge in [0.25, 0.3) is 0 Å². The zero-order valence-corrected chi connectivity index (χ0v) is 18.1. The van der Waals surface area contributed by atoms with Crippen LogP contribution in [0.2, 0.25) is 0 Å². The molecule has 2 heterocycles. The molecule has 1 saturated carbocycles. The summed E-state index contributed by atoms with van der Waals surface area (Å²) in [6.45, 7) is 0.595. The number of nitrogens with zero attached hydrogens (tertiary/aromatic N) is 1. The van der Waals surface area contributed by atoms with Crippen LogP contribution in [0, 0.1) is 23.2 Å². The van der Waals surface area contributed by atoms with Crippen molar-refractivity contribution in [3.8, 4) is 11.8 Å². The molecule has 0 spiro atoms. The standard InChI is InChI=1S/C23H29N5O4/c1-32-20-4-2-3-17-16(20)11-19(27-17)23(31)28-18(9-13-5-6-13)22(30)26-15(12-24)10-14-7-8-25-21(14)29/h2-4,13-15,18-19,27H,5-11H2,1H3,(H,25,29)(H,26,30)(H,28,31)/t14-,15-,18+,19?/m0/s1. The molecule has 4 atom stereocenters. The number of rotatable bonds is 9. The molecule has 1 saturated heterocycles. The largest absolute Gasteiger partial charge is 0.496 e. The molecule has 2 fully saturated rings. The highest BCUT2D eigenvalue weighted by molar-refractivity contribution is 5.93. The Kier molecular flexibility index (Phi) is 6.49. The van der Waals surface area contributed by atoms with Gasteiger partial charge in [0.15, 0.2) is 0 Å². The second-order valence-corrected chi connectivity index (χ2v) is 8.83. The lowest BCUT2D eigenvalue weighted by molar-refractivity contribution is -0.130. The minimum absolute atomic E-state index is 0.0790. The zero-order chi connectivity index (χ0) is 22.7. The van der Waals surface area contributed by atoms with Crippen molar-refractivity contribution in [1.29, 1.82) is 5.26 Å². The number of fused-ring (bicyclic) bond motifs is 1. The topological polar surface area (TPSA) is 132 Å². The molecule has 2 aliphatic heterocycles. The van der Waals surface area contributed by atoms with Crippen LogP contribution in [0.1, 0.15) is 37.7 Å². The molecule has 3 amide bonds. The molecular weight excluding hydrogens is 410 g/mol. The van der Waals surface area contributed by atoms with Crippen LogP contribution >= 0.6 is 0 Å². The molecule has 1 aliphatic carbocycles. The normalized spacial score (nSPS) is 23.2. The van der Waals surface area contributed by atoms with Gasteiger partial charge in [0.1, 0.15) is 23.9 Å². The molecule has 0 aromatic heterocycles. The van der Waals surface area contributed by atoms with Crippen molar-refractivity contribution in [3.63, 3.8) is 0 Å². The van der Waals surface area contributed by atoms with Crippen LogP contribution in [-0.2, 0) is 20.8 Å². The van der Waals surface area contributed by atoms with E-state index in [-0.39, 0.29) is 30.1 Å². The molecule has 4 N–H and O–H groups in total. The third-order valence-corrected chi connectivity index (χ3v) is 6.46. The molecule has 3 aliphatic rings. The van der Waals surface area contributed by atoms with E-state index >= 15 is 0 Å². The lowest BCUT2D eigenvalue weighted by atomic mass is 9.98. The van der Waals surface area contributed by atoms with E-state index in [0.29, 0.717) is 31.7 Å². The highest BCUT2D eigenvalue weighted by Gasteiger charge is 2.36. The van der Waals surface area contributed by atoms with E-state index in [1.165, 1.54) is 0 Å². The number of hydrogen-bond donors (Lipinski definition) is 4. The number of anilines is 1. The summed E-state index contributed by atoms with van der Waals surface area (Å²) in [4.78, 5) is 37.8. The molecule has 9 nitrogen and oxygen atoms in total. The van der Waals surface area contributed by atoms with E-state index in [1.54, 1.807) is 7.11 Å². The number of nitriles is 1. The molecule has 1 unspecified atom stereocenters. The fourth-order valence-electron chi connectivity index (χ4n) is 4.47. The second-order valence-electron chi connectivity index (χ2n) is 8.83. The van der Waals surface area contributed by atoms with Crippen LogP contribution in [-0.4, -0.2) is 49.5 Å². The molecule has 1 aromatic rings. The lowest BCUT2D eigenvalue weighted by Gasteiger charge is -2.23. The van der Waals surface area contributed by atoms with E-state index in [0.717, 1.165) is 29.8 Å². The molecule has 32 heavy (non-hydrogen) atoms. The highest BCUT2D eigenvalue weighted by atomic mass is 16.5. The summed E-state index contributed by atoms with van der Waals surface area (Å²) in [5, 5.41) is 21.1.